The molecule has 1 saturated heterocycles. The Labute approximate surface area is 105 Å². The molecule has 92 valence electrons. The summed E-state index contributed by atoms with van der Waals surface area (Å²) >= 11 is 0. The Hall–Kier alpha value is -0.820. The van der Waals surface area contributed by atoms with Gasteiger partial charge in [-0.25, -0.2) is 0 Å². The normalized spacial score (nSPS) is 32.6. The third-order valence-electron chi connectivity index (χ3n) is 4.76. The maximum Gasteiger partial charge on any atom is 0.0410 e. The van der Waals surface area contributed by atoms with Crippen molar-refractivity contribution in [2.45, 2.75) is 52.1 Å². The lowest BCUT2D eigenvalue weighted by Gasteiger charge is -2.47. The summed E-state index contributed by atoms with van der Waals surface area (Å²) < 4.78 is 0. The zero-order valence-corrected chi connectivity index (χ0v) is 11.2. The van der Waals surface area contributed by atoms with Gasteiger partial charge in [0.1, 0.15) is 0 Å². The van der Waals surface area contributed by atoms with Gasteiger partial charge in [0.2, 0.25) is 0 Å². The third-order valence-corrected chi connectivity index (χ3v) is 4.76. The Morgan fingerprint density at radius 2 is 2.06 bits per heavy atom. The van der Waals surface area contributed by atoms with E-state index in [1.165, 1.54) is 25.8 Å². The lowest BCUT2D eigenvalue weighted by Crippen LogP contribution is -2.45. The number of hydrogen-bond donors (Lipinski definition) is 0. The molecule has 1 aromatic rings. The quantitative estimate of drug-likeness (QED) is 0.708. The van der Waals surface area contributed by atoms with E-state index in [9.17, 15) is 0 Å². The summed E-state index contributed by atoms with van der Waals surface area (Å²) in [5, 5.41) is 0. The van der Waals surface area contributed by atoms with Crippen LogP contribution in [0.25, 0.3) is 0 Å². The van der Waals surface area contributed by atoms with Gasteiger partial charge in [-0.1, -0.05) is 31.2 Å². The Bertz CT molecular complexity index is 423. The van der Waals surface area contributed by atoms with Crippen LogP contribution in [-0.4, -0.2) is 17.5 Å². The number of piperidine rings is 1. The van der Waals surface area contributed by atoms with Gasteiger partial charge in [0.15, 0.2) is 0 Å². The minimum atomic E-state index is 0.478. The highest BCUT2D eigenvalue weighted by molar-refractivity contribution is 5.38. The summed E-state index contributed by atoms with van der Waals surface area (Å²) in [4.78, 5) is 2.72. The number of benzene rings is 1. The molecule has 3 rings (SSSR count). The van der Waals surface area contributed by atoms with Gasteiger partial charge in [-0.2, -0.15) is 0 Å². The van der Waals surface area contributed by atoms with E-state index in [-0.39, 0.29) is 0 Å². The topological polar surface area (TPSA) is 3.24 Å². The van der Waals surface area contributed by atoms with Crippen LogP contribution in [-0.2, 0) is 6.42 Å². The second-order valence-electron chi connectivity index (χ2n) is 6.37. The van der Waals surface area contributed by atoms with E-state index in [2.05, 4.69) is 49.9 Å². The van der Waals surface area contributed by atoms with Crippen molar-refractivity contribution in [1.29, 1.82) is 0 Å². The Kier molecular flexibility index (Phi) is 2.55. The fourth-order valence-corrected chi connectivity index (χ4v) is 4.02. The van der Waals surface area contributed by atoms with Crippen molar-refractivity contribution in [3.63, 3.8) is 0 Å². The molecule has 0 spiro atoms. The number of nitrogens with zero attached hydrogens (tertiary/aromatic N) is 1. The van der Waals surface area contributed by atoms with E-state index in [1.807, 2.05) is 0 Å². The van der Waals surface area contributed by atoms with Crippen LogP contribution in [0.5, 0.6) is 0 Å². The molecule has 0 aromatic heterocycles. The molecule has 0 saturated carbocycles. The summed E-state index contributed by atoms with van der Waals surface area (Å²) in [6.07, 6.45) is 4.02. The monoisotopic (exact) mass is 229 g/mol. The van der Waals surface area contributed by atoms with Crippen molar-refractivity contribution < 1.29 is 0 Å². The predicted octanol–water partition coefficient (Wildman–Crippen LogP) is 3.79. The molecule has 0 amide bonds. The highest BCUT2D eigenvalue weighted by Gasteiger charge is 2.47. The van der Waals surface area contributed by atoms with Crippen LogP contribution in [0.4, 0.5) is 0 Å². The van der Waals surface area contributed by atoms with Crippen LogP contribution in [0.2, 0.25) is 0 Å². The molecule has 2 atom stereocenters. The SMILES string of the molecule is CC(C)N1CCCC2(C)Cc3ccccc3C12. The lowest BCUT2D eigenvalue weighted by molar-refractivity contribution is 0.0158. The molecule has 0 N–H and O–H groups in total. The van der Waals surface area contributed by atoms with Gasteiger partial charge in [-0.3, -0.25) is 4.90 Å². The van der Waals surface area contributed by atoms with Gasteiger partial charge in [0.05, 0.1) is 0 Å². The van der Waals surface area contributed by atoms with Crippen molar-refractivity contribution in [2.24, 2.45) is 5.41 Å². The van der Waals surface area contributed by atoms with Gasteiger partial charge in [0, 0.05) is 12.1 Å². The van der Waals surface area contributed by atoms with Crippen molar-refractivity contribution in [2.75, 3.05) is 6.54 Å². The summed E-state index contributed by atoms with van der Waals surface area (Å²) in [6.45, 7) is 8.44. The van der Waals surface area contributed by atoms with Crippen molar-refractivity contribution in [1.82, 2.24) is 4.90 Å². The molecule has 1 heteroatoms. The molecule has 1 aliphatic heterocycles. The minimum absolute atomic E-state index is 0.478. The highest BCUT2D eigenvalue weighted by Crippen LogP contribution is 2.54. The average molecular weight is 229 g/mol. The van der Waals surface area contributed by atoms with Crippen molar-refractivity contribution in [3.05, 3.63) is 35.4 Å². The van der Waals surface area contributed by atoms with Crippen LogP contribution in [0.3, 0.4) is 0 Å². The maximum absolute atomic E-state index is 2.72. The zero-order valence-electron chi connectivity index (χ0n) is 11.2. The summed E-state index contributed by atoms with van der Waals surface area (Å²) in [5.41, 5.74) is 3.67. The average Bonchev–Trinajstić information content (AvgIpc) is 2.60. The van der Waals surface area contributed by atoms with Crippen LogP contribution in [0.15, 0.2) is 24.3 Å². The molecule has 1 aliphatic carbocycles. The van der Waals surface area contributed by atoms with Gasteiger partial charge >= 0.3 is 0 Å². The Balaban J connectivity index is 2.06. The van der Waals surface area contributed by atoms with E-state index in [0.29, 0.717) is 17.5 Å². The van der Waals surface area contributed by atoms with Crippen molar-refractivity contribution >= 4 is 0 Å². The van der Waals surface area contributed by atoms with E-state index < -0.39 is 0 Å². The fraction of sp³-hybridized carbons (Fsp3) is 0.625. The number of hydrogen-bond acceptors (Lipinski definition) is 1. The molecule has 1 fully saturated rings. The molecular weight excluding hydrogens is 206 g/mol. The molecule has 0 bridgehead atoms. The molecular formula is C16H23N. The van der Waals surface area contributed by atoms with E-state index >= 15 is 0 Å². The minimum Gasteiger partial charge on any atom is -0.293 e. The Morgan fingerprint density at radius 3 is 2.82 bits per heavy atom. The van der Waals surface area contributed by atoms with Gasteiger partial charge < -0.3 is 0 Å². The highest BCUT2D eigenvalue weighted by atomic mass is 15.2. The lowest BCUT2D eigenvalue weighted by atomic mass is 9.75. The number of rotatable bonds is 1. The summed E-state index contributed by atoms with van der Waals surface area (Å²) in [5.74, 6) is 0. The standard InChI is InChI=1S/C16H23N/c1-12(2)17-10-6-9-16(3)11-13-7-4-5-8-14(13)15(16)17/h4-5,7-8,12,15H,6,9-11H2,1-3H3. The summed E-state index contributed by atoms with van der Waals surface area (Å²) in [7, 11) is 0. The molecule has 2 unspecified atom stereocenters. The second kappa shape index (κ2) is 3.84. The van der Waals surface area contributed by atoms with Gasteiger partial charge in [-0.15, -0.1) is 0 Å². The first-order valence-electron chi connectivity index (χ1n) is 6.95. The zero-order chi connectivity index (χ0) is 12.0. The van der Waals surface area contributed by atoms with E-state index in [0.717, 1.165) is 0 Å². The first-order valence-corrected chi connectivity index (χ1v) is 6.95. The van der Waals surface area contributed by atoms with Crippen molar-refractivity contribution in [3.8, 4) is 0 Å². The van der Waals surface area contributed by atoms with Crippen LogP contribution < -0.4 is 0 Å². The predicted molar refractivity (Wildman–Crippen MR) is 72.1 cm³/mol. The Morgan fingerprint density at radius 1 is 1.29 bits per heavy atom. The first kappa shape index (κ1) is 11.3. The molecule has 1 nitrogen and oxygen atoms in total. The number of likely N-dealkylation sites (tertiary alicyclic amines) is 1. The van der Waals surface area contributed by atoms with Crippen LogP contribution >= 0.6 is 0 Å². The molecule has 0 radical (unpaired) electrons. The van der Waals surface area contributed by atoms with Gasteiger partial charge in [0.25, 0.3) is 0 Å². The third kappa shape index (κ3) is 1.63. The smallest absolute Gasteiger partial charge is 0.0410 e. The number of fused-ring (bicyclic) bond motifs is 3. The second-order valence-corrected chi connectivity index (χ2v) is 6.37. The van der Waals surface area contributed by atoms with Crippen LogP contribution in [0.1, 0.15) is 50.8 Å². The maximum atomic E-state index is 2.72. The van der Waals surface area contributed by atoms with E-state index in [4.69, 9.17) is 0 Å². The molecule has 1 aromatic carbocycles. The van der Waals surface area contributed by atoms with E-state index in [1.54, 1.807) is 11.1 Å². The molecule has 17 heavy (non-hydrogen) atoms. The van der Waals surface area contributed by atoms with Gasteiger partial charge in [-0.05, 0) is 56.2 Å². The first-order chi connectivity index (χ1) is 8.12. The van der Waals surface area contributed by atoms with Crippen LogP contribution in [0, 0.1) is 5.41 Å². The largest absolute Gasteiger partial charge is 0.293 e. The summed E-state index contributed by atoms with van der Waals surface area (Å²) in [6, 6.07) is 10.4. The molecule has 2 aliphatic rings. The molecule has 1 heterocycles. The fourth-order valence-electron chi connectivity index (χ4n) is 4.02.